The van der Waals surface area contributed by atoms with Gasteiger partial charge in [0, 0.05) is 17.8 Å². The molecule has 2 aromatic heterocycles. The van der Waals surface area contributed by atoms with E-state index in [1.54, 1.807) is 12.4 Å². The lowest BCUT2D eigenvalue weighted by Gasteiger charge is -1.96. The van der Waals surface area contributed by atoms with Crippen LogP contribution < -0.4 is 0 Å². The summed E-state index contributed by atoms with van der Waals surface area (Å²) in [6.07, 6.45) is 3.51. The second-order valence-corrected chi connectivity index (χ2v) is 2.90. The standard InChI is InChI=1S/C8H6BrN3/c9-4-7-11-5-6-2-1-3-10-8(6)12-7/h1-3,5H,4H2. The van der Waals surface area contributed by atoms with Crippen molar-refractivity contribution in [1.29, 1.82) is 0 Å². The van der Waals surface area contributed by atoms with Gasteiger partial charge < -0.3 is 0 Å². The van der Waals surface area contributed by atoms with Crippen LogP contribution in [-0.2, 0) is 5.33 Å². The van der Waals surface area contributed by atoms with Crippen LogP contribution in [0.2, 0.25) is 0 Å². The lowest BCUT2D eigenvalue weighted by molar-refractivity contribution is 1.06. The molecule has 0 atom stereocenters. The highest BCUT2D eigenvalue weighted by atomic mass is 79.9. The summed E-state index contributed by atoms with van der Waals surface area (Å²) < 4.78 is 0. The van der Waals surface area contributed by atoms with Crippen molar-refractivity contribution in [2.24, 2.45) is 0 Å². The van der Waals surface area contributed by atoms with Crippen LogP contribution in [0.4, 0.5) is 0 Å². The van der Waals surface area contributed by atoms with Crippen molar-refractivity contribution < 1.29 is 0 Å². The van der Waals surface area contributed by atoms with E-state index < -0.39 is 0 Å². The number of nitrogens with zero attached hydrogens (tertiary/aromatic N) is 3. The van der Waals surface area contributed by atoms with Crippen molar-refractivity contribution in [3.63, 3.8) is 0 Å². The highest BCUT2D eigenvalue weighted by Gasteiger charge is 1.97. The van der Waals surface area contributed by atoms with E-state index in [4.69, 9.17) is 0 Å². The maximum atomic E-state index is 4.22. The molecule has 0 aliphatic heterocycles. The molecule has 0 N–H and O–H groups in total. The van der Waals surface area contributed by atoms with E-state index in [2.05, 4.69) is 30.9 Å². The van der Waals surface area contributed by atoms with Gasteiger partial charge in [-0.3, -0.25) is 0 Å². The monoisotopic (exact) mass is 223 g/mol. The van der Waals surface area contributed by atoms with Crippen molar-refractivity contribution in [3.05, 3.63) is 30.4 Å². The summed E-state index contributed by atoms with van der Waals surface area (Å²) >= 11 is 3.29. The average Bonchev–Trinajstić information content (AvgIpc) is 2.17. The van der Waals surface area contributed by atoms with E-state index in [9.17, 15) is 0 Å². The molecule has 0 saturated heterocycles. The summed E-state index contributed by atoms with van der Waals surface area (Å²) in [5.74, 6) is 0.765. The van der Waals surface area contributed by atoms with Gasteiger partial charge in [-0.05, 0) is 12.1 Å². The largest absolute Gasteiger partial charge is 0.240 e. The number of alkyl halides is 1. The molecule has 0 aliphatic rings. The molecule has 0 amide bonds. The van der Waals surface area contributed by atoms with Gasteiger partial charge >= 0.3 is 0 Å². The Hall–Kier alpha value is -1.03. The lowest BCUT2D eigenvalue weighted by Crippen LogP contribution is -1.92. The van der Waals surface area contributed by atoms with Crippen LogP contribution in [-0.4, -0.2) is 15.0 Å². The molecule has 2 rings (SSSR count). The van der Waals surface area contributed by atoms with Gasteiger partial charge in [0.2, 0.25) is 0 Å². The summed E-state index contributed by atoms with van der Waals surface area (Å²) in [5.41, 5.74) is 0.752. The van der Waals surface area contributed by atoms with Crippen LogP contribution in [0.1, 0.15) is 5.82 Å². The third-order valence-corrected chi connectivity index (χ3v) is 2.03. The predicted molar refractivity (Wildman–Crippen MR) is 50.0 cm³/mol. The Kier molecular flexibility index (Phi) is 1.99. The van der Waals surface area contributed by atoms with E-state index in [1.807, 2.05) is 12.1 Å². The Morgan fingerprint density at radius 2 is 2.25 bits per heavy atom. The average molecular weight is 224 g/mol. The third kappa shape index (κ3) is 1.30. The van der Waals surface area contributed by atoms with Crippen molar-refractivity contribution in [3.8, 4) is 0 Å². The number of pyridine rings is 1. The van der Waals surface area contributed by atoms with Crippen LogP contribution in [0.15, 0.2) is 24.5 Å². The number of hydrogen-bond donors (Lipinski definition) is 0. The van der Waals surface area contributed by atoms with E-state index in [0.29, 0.717) is 5.33 Å². The van der Waals surface area contributed by atoms with Crippen LogP contribution in [0.5, 0.6) is 0 Å². The number of halogens is 1. The minimum absolute atomic E-state index is 0.666. The fourth-order valence-corrected chi connectivity index (χ4v) is 1.23. The highest BCUT2D eigenvalue weighted by Crippen LogP contribution is 2.07. The third-order valence-electron chi connectivity index (χ3n) is 1.52. The second-order valence-electron chi connectivity index (χ2n) is 2.34. The van der Waals surface area contributed by atoms with Gasteiger partial charge in [-0.25, -0.2) is 15.0 Å². The smallest absolute Gasteiger partial charge is 0.162 e. The maximum absolute atomic E-state index is 4.22. The molecule has 0 aliphatic carbocycles. The Labute approximate surface area is 78.0 Å². The molecule has 0 bridgehead atoms. The minimum Gasteiger partial charge on any atom is -0.240 e. The number of aromatic nitrogens is 3. The van der Waals surface area contributed by atoms with Crippen LogP contribution in [0.25, 0.3) is 11.0 Å². The molecule has 2 heterocycles. The Balaban J connectivity index is 2.67. The first-order valence-electron chi connectivity index (χ1n) is 3.53. The fourth-order valence-electron chi connectivity index (χ4n) is 0.963. The Morgan fingerprint density at radius 3 is 3.08 bits per heavy atom. The van der Waals surface area contributed by atoms with Gasteiger partial charge in [-0.1, -0.05) is 15.9 Å². The molecule has 0 radical (unpaired) electrons. The number of fused-ring (bicyclic) bond motifs is 1. The Morgan fingerprint density at radius 1 is 1.33 bits per heavy atom. The minimum atomic E-state index is 0.666. The SMILES string of the molecule is BrCc1ncc2cccnc2n1. The highest BCUT2D eigenvalue weighted by molar-refractivity contribution is 9.08. The van der Waals surface area contributed by atoms with Crippen LogP contribution >= 0.6 is 15.9 Å². The second kappa shape index (κ2) is 3.15. The lowest BCUT2D eigenvalue weighted by atomic mass is 10.3. The quantitative estimate of drug-likeness (QED) is 0.694. The summed E-state index contributed by atoms with van der Waals surface area (Å²) in [7, 11) is 0. The first-order chi connectivity index (χ1) is 5.90. The van der Waals surface area contributed by atoms with E-state index in [0.717, 1.165) is 16.9 Å². The maximum Gasteiger partial charge on any atom is 0.162 e. The molecule has 60 valence electrons. The first-order valence-corrected chi connectivity index (χ1v) is 4.65. The number of hydrogen-bond acceptors (Lipinski definition) is 3. The van der Waals surface area contributed by atoms with Crippen molar-refractivity contribution in [2.75, 3.05) is 0 Å². The summed E-state index contributed by atoms with van der Waals surface area (Å²) in [5, 5.41) is 1.64. The molecule has 0 aromatic carbocycles. The molecule has 3 nitrogen and oxygen atoms in total. The van der Waals surface area contributed by atoms with Crippen molar-refractivity contribution >= 4 is 27.0 Å². The van der Waals surface area contributed by atoms with E-state index in [-0.39, 0.29) is 0 Å². The normalized spacial score (nSPS) is 10.4. The summed E-state index contributed by atoms with van der Waals surface area (Å²) in [4.78, 5) is 12.5. The van der Waals surface area contributed by atoms with E-state index in [1.165, 1.54) is 0 Å². The van der Waals surface area contributed by atoms with E-state index >= 15 is 0 Å². The van der Waals surface area contributed by atoms with Gasteiger partial charge in [0.1, 0.15) is 5.82 Å². The van der Waals surface area contributed by atoms with Gasteiger partial charge in [0.25, 0.3) is 0 Å². The van der Waals surface area contributed by atoms with Crippen LogP contribution in [0, 0.1) is 0 Å². The Bertz CT molecular complexity index is 402. The molecule has 0 fully saturated rings. The zero-order chi connectivity index (χ0) is 8.39. The van der Waals surface area contributed by atoms with Gasteiger partial charge in [0.15, 0.2) is 5.65 Å². The molecule has 0 unspecified atom stereocenters. The molecule has 2 aromatic rings. The summed E-state index contributed by atoms with van der Waals surface area (Å²) in [6.45, 7) is 0. The van der Waals surface area contributed by atoms with Crippen molar-refractivity contribution in [1.82, 2.24) is 15.0 Å². The molecule has 0 spiro atoms. The van der Waals surface area contributed by atoms with Gasteiger partial charge in [-0.2, -0.15) is 0 Å². The van der Waals surface area contributed by atoms with Gasteiger partial charge in [-0.15, -0.1) is 0 Å². The van der Waals surface area contributed by atoms with Crippen molar-refractivity contribution in [2.45, 2.75) is 5.33 Å². The van der Waals surface area contributed by atoms with Gasteiger partial charge in [0.05, 0.1) is 5.33 Å². The molecule has 12 heavy (non-hydrogen) atoms. The zero-order valence-electron chi connectivity index (χ0n) is 6.24. The topological polar surface area (TPSA) is 38.7 Å². The molecular weight excluding hydrogens is 218 g/mol. The molecule has 0 saturated carbocycles. The first kappa shape index (κ1) is 7.61. The summed E-state index contributed by atoms with van der Waals surface area (Å²) in [6, 6.07) is 3.82. The predicted octanol–water partition coefficient (Wildman–Crippen LogP) is 1.92. The molecular formula is C8H6BrN3. The van der Waals surface area contributed by atoms with Crippen LogP contribution in [0.3, 0.4) is 0 Å². The fraction of sp³-hybridized carbons (Fsp3) is 0.125. The molecule has 4 heteroatoms. The zero-order valence-corrected chi connectivity index (χ0v) is 7.82. The number of rotatable bonds is 1.